The first-order valence-electron chi connectivity index (χ1n) is 5.16. The first-order chi connectivity index (χ1) is 7.68. The summed E-state index contributed by atoms with van der Waals surface area (Å²) < 4.78 is 2.94. The lowest BCUT2D eigenvalue weighted by Gasteiger charge is -2.04. The highest BCUT2D eigenvalue weighted by molar-refractivity contribution is 9.10. The van der Waals surface area contributed by atoms with E-state index in [1.165, 1.54) is 0 Å². The van der Waals surface area contributed by atoms with Crippen LogP contribution >= 0.6 is 15.9 Å². The maximum absolute atomic E-state index is 12.1. The van der Waals surface area contributed by atoms with E-state index < -0.39 is 0 Å². The number of fused-ring (bicyclic) bond motifs is 2. The molecule has 3 rings (SSSR count). The van der Waals surface area contributed by atoms with Crippen LogP contribution in [0, 0.1) is 4.91 Å². The van der Waals surface area contributed by atoms with Crippen LogP contribution in [0.1, 0.15) is 17.8 Å². The number of hydrogen-bond acceptors (Lipinski definition) is 2. The number of aromatic nitrogens is 2. The first kappa shape index (κ1) is 9.84. The summed E-state index contributed by atoms with van der Waals surface area (Å²) in [4.78, 5) is 12.1. The molecule has 0 unspecified atom stereocenters. The third-order valence-corrected chi connectivity index (χ3v) is 3.54. The van der Waals surface area contributed by atoms with Crippen LogP contribution in [0.2, 0.25) is 0 Å². The van der Waals surface area contributed by atoms with Crippen molar-refractivity contribution in [1.29, 1.82) is 0 Å². The standard InChI is InChI=1S/C11H10BrN2O2/c12-7-4-5-10-11(6-7)14(16)9-3-1-2-8(9)13(10)15/h4-6,16H,1-3H2/q+1. The Kier molecular flexibility index (Phi) is 2.04. The van der Waals surface area contributed by atoms with E-state index in [0.717, 1.165) is 38.6 Å². The van der Waals surface area contributed by atoms with Crippen LogP contribution < -0.4 is 4.43 Å². The molecule has 0 amide bonds. The Hall–Kier alpha value is -1.36. The van der Waals surface area contributed by atoms with Gasteiger partial charge in [-0.05, 0) is 25.0 Å². The van der Waals surface area contributed by atoms with Gasteiger partial charge in [-0.15, -0.1) is 0 Å². The number of rotatable bonds is 0. The molecule has 16 heavy (non-hydrogen) atoms. The predicted octanol–water partition coefficient (Wildman–Crippen LogP) is 2.04. The second kappa shape index (κ2) is 3.31. The van der Waals surface area contributed by atoms with Crippen molar-refractivity contribution >= 4 is 27.0 Å². The minimum absolute atomic E-state index is 0.506. The summed E-state index contributed by atoms with van der Waals surface area (Å²) in [6.45, 7) is 0. The average molecular weight is 282 g/mol. The van der Waals surface area contributed by atoms with Crippen molar-refractivity contribution in [3.63, 3.8) is 0 Å². The molecule has 1 heterocycles. The van der Waals surface area contributed by atoms with Crippen LogP contribution in [-0.2, 0) is 12.8 Å². The number of benzene rings is 1. The second-order valence-electron chi connectivity index (χ2n) is 3.99. The van der Waals surface area contributed by atoms with Crippen molar-refractivity contribution in [2.24, 2.45) is 0 Å². The lowest BCUT2D eigenvalue weighted by atomic mass is 10.2. The van der Waals surface area contributed by atoms with E-state index in [1.54, 1.807) is 18.2 Å². The van der Waals surface area contributed by atoms with Crippen molar-refractivity contribution < 1.29 is 9.63 Å². The lowest BCUT2D eigenvalue weighted by Crippen LogP contribution is -2.25. The average Bonchev–Trinajstić information content (AvgIpc) is 2.75. The highest BCUT2D eigenvalue weighted by atomic mass is 79.9. The monoisotopic (exact) mass is 281 g/mol. The highest BCUT2D eigenvalue weighted by Crippen LogP contribution is 2.23. The zero-order valence-corrected chi connectivity index (χ0v) is 10.1. The maximum Gasteiger partial charge on any atom is 0.290 e. The summed E-state index contributed by atoms with van der Waals surface area (Å²) in [6, 6.07) is 5.28. The van der Waals surface area contributed by atoms with Crippen LogP contribution in [-0.4, -0.2) is 9.94 Å². The molecule has 0 bridgehead atoms. The van der Waals surface area contributed by atoms with Gasteiger partial charge in [0, 0.05) is 21.9 Å². The van der Waals surface area contributed by atoms with Gasteiger partial charge < -0.3 is 5.21 Å². The molecule has 0 fully saturated rings. The third-order valence-electron chi connectivity index (χ3n) is 3.05. The van der Waals surface area contributed by atoms with E-state index in [0.29, 0.717) is 16.7 Å². The molecule has 1 N–H and O–H groups in total. The summed E-state index contributed by atoms with van der Waals surface area (Å²) in [5, 5.41) is 10.1. The molecule has 2 aromatic rings. The fourth-order valence-electron chi connectivity index (χ4n) is 2.29. The molecule has 0 atom stereocenters. The van der Waals surface area contributed by atoms with E-state index in [4.69, 9.17) is 0 Å². The molecule has 0 radical (unpaired) electrons. The topological polar surface area (TPSA) is 48.1 Å². The van der Waals surface area contributed by atoms with E-state index in [2.05, 4.69) is 15.9 Å². The number of nitrogens with zero attached hydrogens (tertiary/aromatic N) is 2. The van der Waals surface area contributed by atoms with Crippen molar-refractivity contribution in [3.05, 3.63) is 39.0 Å². The molecule has 82 valence electrons. The van der Waals surface area contributed by atoms with Crippen LogP contribution in [0.25, 0.3) is 11.0 Å². The minimum atomic E-state index is 0.506. The smallest absolute Gasteiger partial charge is 0.290 e. The van der Waals surface area contributed by atoms with Gasteiger partial charge in [0.05, 0.1) is 4.43 Å². The van der Waals surface area contributed by atoms with Crippen LogP contribution in [0.5, 0.6) is 0 Å². The Balaban J connectivity index is 2.54. The van der Waals surface area contributed by atoms with Gasteiger partial charge >= 0.3 is 0 Å². The Labute approximate surface area is 99.8 Å². The van der Waals surface area contributed by atoms with E-state index in [-0.39, 0.29) is 0 Å². The Morgan fingerprint density at radius 2 is 2.19 bits per heavy atom. The van der Waals surface area contributed by atoms with Crippen molar-refractivity contribution in [3.8, 4) is 0 Å². The predicted molar refractivity (Wildman–Crippen MR) is 62.2 cm³/mol. The van der Waals surface area contributed by atoms with Gasteiger partial charge in [-0.2, -0.15) is 4.73 Å². The van der Waals surface area contributed by atoms with Gasteiger partial charge in [0.1, 0.15) is 5.69 Å². The first-order valence-corrected chi connectivity index (χ1v) is 5.95. The second-order valence-corrected chi connectivity index (χ2v) is 4.90. The quantitative estimate of drug-likeness (QED) is 0.594. The molecule has 0 aliphatic heterocycles. The van der Waals surface area contributed by atoms with E-state index in [1.807, 2.05) is 0 Å². The van der Waals surface area contributed by atoms with Crippen molar-refractivity contribution in [1.82, 2.24) is 4.73 Å². The number of halogens is 1. The molecule has 1 aliphatic rings. The zero-order valence-electron chi connectivity index (χ0n) is 8.48. The summed E-state index contributed by atoms with van der Waals surface area (Å²) in [5.74, 6) is 0. The van der Waals surface area contributed by atoms with E-state index in [9.17, 15) is 10.1 Å². The fourth-order valence-corrected chi connectivity index (χ4v) is 2.64. The molecule has 4 nitrogen and oxygen atoms in total. The SMILES string of the molecule is O=[n+]1c2c(n(O)c3cc(Br)ccc31)CCC2. The van der Waals surface area contributed by atoms with E-state index >= 15 is 0 Å². The van der Waals surface area contributed by atoms with Gasteiger partial charge in [0.15, 0.2) is 5.52 Å². The maximum atomic E-state index is 12.1. The van der Waals surface area contributed by atoms with Crippen LogP contribution in [0.3, 0.4) is 0 Å². The molecule has 0 saturated carbocycles. The largest absolute Gasteiger partial charge is 0.428 e. The summed E-state index contributed by atoms with van der Waals surface area (Å²) in [7, 11) is 0. The van der Waals surface area contributed by atoms with Gasteiger partial charge in [-0.25, -0.2) is 0 Å². The molecule has 1 aliphatic carbocycles. The molecule has 0 spiro atoms. The lowest BCUT2D eigenvalue weighted by molar-refractivity contribution is -0.475. The van der Waals surface area contributed by atoms with Gasteiger partial charge in [-0.1, -0.05) is 15.9 Å². The molecular weight excluding hydrogens is 272 g/mol. The number of hydrogen-bond donors (Lipinski definition) is 1. The Bertz CT molecular complexity index is 648. The summed E-state index contributed by atoms with van der Waals surface area (Å²) >= 11 is 3.34. The molecule has 5 heteroatoms. The van der Waals surface area contributed by atoms with Gasteiger partial charge in [0.2, 0.25) is 0 Å². The van der Waals surface area contributed by atoms with Crippen molar-refractivity contribution in [2.75, 3.05) is 0 Å². The Morgan fingerprint density at radius 3 is 3.00 bits per heavy atom. The Morgan fingerprint density at radius 1 is 1.38 bits per heavy atom. The zero-order chi connectivity index (χ0) is 11.3. The molecule has 1 aromatic heterocycles. The fraction of sp³-hybridized carbons (Fsp3) is 0.273. The molecular formula is C11H10BrN2O2+. The van der Waals surface area contributed by atoms with Crippen LogP contribution in [0.15, 0.2) is 22.7 Å². The summed E-state index contributed by atoms with van der Waals surface area (Å²) in [5.41, 5.74) is 2.48. The van der Waals surface area contributed by atoms with Gasteiger partial charge in [0.25, 0.3) is 11.2 Å². The normalized spacial score (nSPS) is 14.3. The highest BCUT2D eigenvalue weighted by Gasteiger charge is 2.28. The molecule has 0 saturated heterocycles. The minimum Gasteiger partial charge on any atom is -0.428 e. The van der Waals surface area contributed by atoms with Crippen molar-refractivity contribution in [2.45, 2.75) is 19.3 Å². The van der Waals surface area contributed by atoms with Gasteiger partial charge in [-0.3, -0.25) is 0 Å². The third kappa shape index (κ3) is 1.21. The summed E-state index contributed by atoms with van der Waals surface area (Å²) in [6.07, 6.45) is 2.43. The molecule has 1 aromatic carbocycles. The van der Waals surface area contributed by atoms with Crippen LogP contribution in [0.4, 0.5) is 0 Å².